The molecule has 0 saturated heterocycles. The standard InChI is InChI=1S/C17H14Cl2O2/c18-15-6-9-17(19)14(11-15)12-21-16-7-4-13(5-8-16)3-1-2-10-20/h4-9,11,20H,2,10,12H2. The minimum atomic E-state index is 0.0780. The number of ether oxygens (including phenoxy) is 1. The van der Waals surface area contributed by atoms with Crippen molar-refractivity contribution in [3.8, 4) is 17.6 Å². The minimum absolute atomic E-state index is 0.0780. The van der Waals surface area contributed by atoms with Crippen LogP contribution < -0.4 is 4.74 Å². The van der Waals surface area contributed by atoms with Gasteiger partial charge in [-0.05, 0) is 42.5 Å². The topological polar surface area (TPSA) is 29.5 Å². The molecule has 0 aliphatic heterocycles. The molecule has 108 valence electrons. The quantitative estimate of drug-likeness (QED) is 0.851. The molecule has 2 aromatic carbocycles. The Balaban J connectivity index is 1.98. The molecule has 0 atom stereocenters. The van der Waals surface area contributed by atoms with E-state index >= 15 is 0 Å². The summed E-state index contributed by atoms with van der Waals surface area (Å²) in [5.74, 6) is 6.56. The fraction of sp³-hybridized carbons (Fsp3) is 0.176. The second-order valence-corrected chi connectivity index (χ2v) is 5.17. The van der Waals surface area contributed by atoms with Crippen molar-refractivity contribution in [2.75, 3.05) is 6.61 Å². The van der Waals surface area contributed by atoms with Crippen molar-refractivity contribution in [2.45, 2.75) is 13.0 Å². The van der Waals surface area contributed by atoms with Crippen LogP contribution in [0.4, 0.5) is 0 Å². The van der Waals surface area contributed by atoms with Crippen molar-refractivity contribution in [1.82, 2.24) is 0 Å². The monoisotopic (exact) mass is 320 g/mol. The first-order valence-electron chi connectivity index (χ1n) is 6.45. The zero-order chi connectivity index (χ0) is 15.1. The zero-order valence-corrected chi connectivity index (χ0v) is 12.8. The second-order valence-electron chi connectivity index (χ2n) is 4.32. The Morgan fingerprint density at radius 2 is 1.81 bits per heavy atom. The van der Waals surface area contributed by atoms with E-state index in [2.05, 4.69) is 11.8 Å². The lowest BCUT2D eigenvalue weighted by Gasteiger charge is -2.08. The Bertz CT molecular complexity index is 655. The smallest absolute Gasteiger partial charge is 0.119 e. The van der Waals surface area contributed by atoms with Gasteiger partial charge in [0.15, 0.2) is 0 Å². The van der Waals surface area contributed by atoms with Crippen LogP contribution in [0, 0.1) is 11.8 Å². The second kappa shape index (κ2) is 7.95. The number of aliphatic hydroxyl groups is 1. The van der Waals surface area contributed by atoms with Gasteiger partial charge in [0.05, 0.1) is 6.61 Å². The predicted octanol–water partition coefficient (Wildman–Crippen LogP) is 4.31. The maximum Gasteiger partial charge on any atom is 0.119 e. The number of benzene rings is 2. The summed E-state index contributed by atoms with van der Waals surface area (Å²) in [6, 6.07) is 12.7. The number of hydrogen-bond donors (Lipinski definition) is 1. The molecule has 1 N–H and O–H groups in total. The molecule has 0 aromatic heterocycles. The van der Waals surface area contributed by atoms with E-state index in [0.29, 0.717) is 23.1 Å². The fourth-order valence-corrected chi connectivity index (χ4v) is 2.04. The molecule has 2 nitrogen and oxygen atoms in total. The molecule has 0 saturated carbocycles. The third-order valence-electron chi connectivity index (χ3n) is 2.73. The molecule has 0 radical (unpaired) electrons. The van der Waals surface area contributed by atoms with Crippen molar-refractivity contribution < 1.29 is 9.84 Å². The van der Waals surface area contributed by atoms with Crippen molar-refractivity contribution in [3.05, 3.63) is 63.6 Å². The van der Waals surface area contributed by atoms with Crippen LogP contribution >= 0.6 is 23.2 Å². The van der Waals surface area contributed by atoms with E-state index in [-0.39, 0.29) is 6.61 Å². The van der Waals surface area contributed by atoms with Crippen LogP contribution in [-0.4, -0.2) is 11.7 Å². The van der Waals surface area contributed by atoms with E-state index in [4.69, 9.17) is 33.0 Å². The van der Waals surface area contributed by atoms with Crippen molar-refractivity contribution in [2.24, 2.45) is 0 Å². The van der Waals surface area contributed by atoms with Gasteiger partial charge in [-0.3, -0.25) is 0 Å². The first kappa shape index (κ1) is 15.7. The van der Waals surface area contributed by atoms with Gasteiger partial charge in [0, 0.05) is 27.6 Å². The first-order valence-corrected chi connectivity index (χ1v) is 7.21. The van der Waals surface area contributed by atoms with Crippen molar-refractivity contribution >= 4 is 23.2 Å². The van der Waals surface area contributed by atoms with Gasteiger partial charge in [0.2, 0.25) is 0 Å². The van der Waals surface area contributed by atoms with Crippen molar-refractivity contribution in [3.63, 3.8) is 0 Å². The predicted molar refractivity (Wildman–Crippen MR) is 85.8 cm³/mol. The Labute approximate surface area is 134 Å². The van der Waals surface area contributed by atoms with Crippen LogP contribution in [0.5, 0.6) is 5.75 Å². The molecule has 2 rings (SSSR count). The zero-order valence-electron chi connectivity index (χ0n) is 11.3. The van der Waals surface area contributed by atoms with Crippen molar-refractivity contribution in [1.29, 1.82) is 0 Å². The maximum absolute atomic E-state index is 8.67. The van der Waals surface area contributed by atoms with E-state index in [1.54, 1.807) is 18.2 Å². The summed E-state index contributed by atoms with van der Waals surface area (Å²) in [5, 5.41) is 9.93. The Hall–Kier alpha value is -1.66. The normalized spacial score (nSPS) is 9.86. The van der Waals surface area contributed by atoms with Gasteiger partial charge in [-0.1, -0.05) is 35.0 Å². The highest BCUT2D eigenvalue weighted by molar-refractivity contribution is 6.33. The molecule has 21 heavy (non-hydrogen) atoms. The molecule has 0 spiro atoms. The Morgan fingerprint density at radius 1 is 1.05 bits per heavy atom. The van der Waals surface area contributed by atoms with E-state index in [0.717, 1.165) is 16.9 Å². The molecule has 0 aliphatic carbocycles. The van der Waals surface area contributed by atoms with E-state index in [1.165, 1.54) is 0 Å². The lowest BCUT2D eigenvalue weighted by molar-refractivity contribution is 0.305. The highest BCUT2D eigenvalue weighted by Gasteiger charge is 2.02. The summed E-state index contributed by atoms with van der Waals surface area (Å²) in [6.45, 7) is 0.434. The van der Waals surface area contributed by atoms with Crippen LogP contribution in [0.1, 0.15) is 17.5 Å². The number of halogens is 2. The summed E-state index contributed by atoms with van der Waals surface area (Å²) in [7, 11) is 0. The fourth-order valence-electron chi connectivity index (χ4n) is 1.67. The summed E-state index contributed by atoms with van der Waals surface area (Å²) < 4.78 is 5.68. The Kier molecular flexibility index (Phi) is 5.95. The Morgan fingerprint density at radius 3 is 2.52 bits per heavy atom. The molecule has 0 aliphatic rings. The molecule has 0 fully saturated rings. The SMILES string of the molecule is OCCC#Cc1ccc(OCc2cc(Cl)ccc2Cl)cc1. The van der Waals surface area contributed by atoms with Crippen LogP contribution in [0.2, 0.25) is 10.0 Å². The average Bonchev–Trinajstić information content (AvgIpc) is 2.50. The summed E-state index contributed by atoms with van der Waals surface area (Å²) in [6.07, 6.45) is 0.478. The van der Waals surface area contributed by atoms with Gasteiger partial charge in [-0.25, -0.2) is 0 Å². The number of aliphatic hydroxyl groups excluding tert-OH is 1. The summed E-state index contributed by atoms with van der Waals surface area (Å²) >= 11 is 12.0. The summed E-state index contributed by atoms with van der Waals surface area (Å²) in [5.41, 5.74) is 1.73. The van der Waals surface area contributed by atoms with Gasteiger partial charge < -0.3 is 9.84 Å². The molecule has 2 aromatic rings. The molecule has 0 amide bonds. The van der Waals surface area contributed by atoms with Gasteiger partial charge in [0.1, 0.15) is 12.4 Å². The third-order valence-corrected chi connectivity index (χ3v) is 3.33. The van der Waals surface area contributed by atoms with E-state index < -0.39 is 0 Å². The number of hydrogen-bond acceptors (Lipinski definition) is 2. The van der Waals surface area contributed by atoms with Crippen LogP contribution in [0.3, 0.4) is 0 Å². The van der Waals surface area contributed by atoms with E-state index in [9.17, 15) is 0 Å². The van der Waals surface area contributed by atoms with E-state index in [1.807, 2.05) is 24.3 Å². The molecule has 4 heteroatoms. The largest absolute Gasteiger partial charge is 0.489 e. The van der Waals surface area contributed by atoms with Gasteiger partial charge >= 0.3 is 0 Å². The van der Waals surface area contributed by atoms with Gasteiger partial charge in [-0.2, -0.15) is 0 Å². The molecule has 0 heterocycles. The molecular formula is C17H14Cl2O2. The van der Waals surface area contributed by atoms with Crippen LogP contribution in [0.15, 0.2) is 42.5 Å². The maximum atomic E-state index is 8.67. The van der Waals surface area contributed by atoms with Gasteiger partial charge in [-0.15, -0.1) is 0 Å². The molecular weight excluding hydrogens is 307 g/mol. The average molecular weight is 321 g/mol. The lowest BCUT2D eigenvalue weighted by Crippen LogP contribution is -1.96. The third kappa shape index (κ3) is 4.99. The highest BCUT2D eigenvalue weighted by Crippen LogP contribution is 2.22. The highest BCUT2D eigenvalue weighted by atomic mass is 35.5. The van der Waals surface area contributed by atoms with Crippen LogP contribution in [-0.2, 0) is 6.61 Å². The molecule has 0 bridgehead atoms. The van der Waals surface area contributed by atoms with Crippen LogP contribution in [0.25, 0.3) is 0 Å². The molecule has 0 unspecified atom stereocenters. The minimum Gasteiger partial charge on any atom is -0.489 e. The number of rotatable bonds is 4. The summed E-state index contributed by atoms with van der Waals surface area (Å²) in [4.78, 5) is 0. The van der Waals surface area contributed by atoms with Gasteiger partial charge in [0.25, 0.3) is 0 Å². The lowest BCUT2D eigenvalue weighted by atomic mass is 10.2. The first-order chi connectivity index (χ1) is 10.2.